The van der Waals surface area contributed by atoms with Crippen LogP contribution in [0.25, 0.3) is 0 Å². The van der Waals surface area contributed by atoms with Gasteiger partial charge in [-0.05, 0) is 68.1 Å². The fourth-order valence-corrected chi connectivity index (χ4v) is 2.59. The van der Waals surface area contributed by atoms with Crippen molar-refractivity contribution in [2.24, 2.45) is 0 Å². The third-order valence-corrected chi connectivity index (χ3v) is 4.40. The van der Waals surface area contributed by atoms with Crippen molar-refractivity contribution in [3.63, 3.8) is 0 Å². The Morgan fingerprint density at radius 2 is 1.68 bits per heavy atom. The van der Waals surface area contributed by atoms with Gasteiger partial charge < -0.3 is 14.8 Å². The highest BCUT2D eigenvalue weighted by atomic mass is 16.5. The van der Waals surface area contributed by atoms with Gasteiger partial charge in [-0.25, -0.2) is 0 Å². The number of hydrogen-bond acceptors (Lipinski definition) is 3. The number of methoxy groups -OCH3 is 1. The standard InChI is InChI=1S/C21H27NO3/c1-6-20(17-8-11-18(24-5)12-9-17)22-21(23)16(4)25-19-10-7-14(2)15(3)13-19/h7-13,16,20H,6H2,1-5H3,(H,22,23)/t16-,20-/m0/s1. The fourth-order valence-electron chi connectivity index (χ4n) is 2.59. The number of ether oxygens (including phenoxy) is 2. The van der Waals surface area contributed by atoms with Crippen LogP contribution in [0.3, 0.4) is 0 Å². The Hall–Kier alpha value is -2.49. The maximum absolute atomic E-state index is 12.5. The van der Waals surface area contributed by atoms with Crippen molar-refractivity contribution >= 4 is 5.91 Å². The SMILES string of the molecule is CC[C@H](NC(=O)[C@H](C)Oc1ccc(C)c(C)c1)c1ccc(OC)cc1. The van der Waals surface area contributed by atoms with Gasteiger partial charge in [-0.3, -0.25) is 4.79 Å². The third-order valence-electron chi connectivity index (χ3n) is 4.40. The van der Waals surface area contributed by atoms with E-state index < -0.39 is 6.10 Å². The summed E-state index contributed by atoms with van der Waals surface area (Å²) in [6.45, 7) is 7.90. The van der Waals surface area contributed by atoms with E-state index >= 15 is 0 Å². The average molecular weight is 341 g/mol. The monoisotopic (exact) mass is 341 g/mol. The second-order valence-corrected chi connectivity index (χ2v) is 6.25. The van der Waals surface area contributed by atoms with Gasteiger partial charge in [-0.1, -0.05) is 25.1 Å². The Morgan fingerprint density at radius 3 is 2.24 bits per heavy atom. The van der Waals surface area contributed by atoms with Gasteiger partial charge in [0, 0.05) is 0 Å². The molecule has 2 rings (SSSR count). The summed E-state index contributed by atoms with van der Waals surface area (Å²) >= 11 is 0. The summed E-state index contributed by atoms with van der Waals surface area (Å²) in [6.07, 6.45) is 0.239. The lowest BCUT2D eigenvalue weighted by molar-refractivity contribution is -0.128. The van der Waals surface area contributed by atoms with Crippen LogP contribution in [0.1, 0.15) is 43.0 Å². The summed E-state index contributed by atoms with van der Waals surface area (Å²) in [6, 6.07) is 13.6. The van der Waals surface area contributed by atoms with Gasteiger partial charge in [0.1, 0.15) is 11.5 Å². The molecule has 0 fully saturated rings. The molecule has 0 bridgehead atoms. The Morgan fingerprint density at radius 1 is 1.04 bits per heavy atom. The molecule has 0 aliphatic rings. The topological polar surface area (TPSA) is 47.6 Å². The third kappa shape index (κ3) is 4.99. The Balaban J connectivity index is 2.01. The van der Waals surface area contributed by atoms with Crippen LogP contribution in [0.4, 0.5) is 0 Å². The van der Waals surface area contributed by atoms with Crippen molar-refractivity contribution in [3.05, 3.63) is 59.2 Å². The molecule has 1 amide bonds. The summed E-state index contributed by atoms with van der Waals surface area (Å²) in [5.74, 6) is 1.39. The summed E-state index contributed by atoms with van der Waals surface area (Å²) < 4.78 is 11.0. The van der Waals surface area contributed by atoms with Crippen LogP contribution in [-0.4, -0.2) is 19.1 Å². The summed E-state index contributed by atoms with van der Waals surface area (Å²) in [4.78, 5) is 12.5. The van der Waals surface area contributed by atoms with E-state index in [0.717, 1.165) is 23.3 Å². The van der Waals surface area contributed by atoms with E-state index in [4.69, 9.17) is 9.47 Å². The molecule has 0 aliphatic carbocycles. The zero-order valence-electron chi connectivity index (χ0n) is 15.6. The Bertz CT molecular complexity index is 710. The maximum atomic E-state index is 12.5. The lowest BCUT2D eigenvalue weighted by Gasteiger charge is -2.21. The van der Waals surface area contributed by atoms with Crippen LogP contribution in [0.2, 0.25) is 0 Å². The molecule has 2 aromatic rings. The molecule has 0 saturated carbocycles. The normalized spacial score (nSPS) is 13.0. The number of carbonyl (C=O) groups excluding carboxylic acids is 1. The first-order valence-corrected chi connectivity index (χ1v) is 8.62. The van der Waals surface area contributed by atoms with Gasteiger partial charge >= 0.3 is 0 Å². The first-order valence-electron chi connectivity index (χ1n) is 8.62. The molecule has 4 nitrogen and oxygen atoms in total. The van der Waals surface area contributed by atoms with Gasteiger partial charge in [-0.15, -0.1) is 0 Å². The lowest BCUT2D eigenvalue weighted by Crippen LogP contribution is -2.38. The van der Waals surface area contributed by atoms with Crippen LogP contribution in [0, 0.1) is 13.8 Å². The molecule has 2 atom stereocenters. The van der Waals surface area contributed by atoms with Gasteiger partial charge in [0.25, 0.3) is 5.91 Å². The van der Waals surface area contributed by atoms with Crippen molar-refractivity contribution in [1.29, 1.82) is 0 Å². The smallest absolute Gasteiger partial charge is 0.261 e. The van der Waals surface area contributed by atoms with Crippen LogP contribution in [0.5, 0.6) is 11.5 Å². The highest BCUT2D eigenvalue weighted by molar-refractivity contribution is 5.81. The van der Waals surface area contributed by atoms with Crippen molar-refractivity contribution in [2.45, 2.75) is 46.3 Å². The molecule has 25 heavy (non-hydrogen) atoms. The first kappa shape index (κ1) is 18.8. The maximum Gasteiger partial charge on any atom is 0.261 e. The number of amides is 1. The van der Waals surface area contributed by atoms with Crippen LogP contribution >= 0.6 is 0 Å². The largest absolute Gasteiger partial charge is 0.497 e. The van der Waals surface area contributed by atoms with Gasteiger partial charge in [0.15, 0.2) is 6.10 Å². The summed E-state index contributed by atoms with van der Waals surface area (Å²) in [7, 11) is 1.64. The van der Waals surface area contributed by atoms with E-state index in [1.807, 2.05) is 56.3 Å². The second kappa shape index (κ2) is 8.56. The van der Waals surface area contributed by atoms with E-state index in [-0.39, 0.29) is 11.9 Å². The van der Waals surface area contributed by atoms with E-state index in [0.29, 0.717) is 5.75 Å². The number of benzene rings is 2. The highest BCUT2D eigenvalue weighted by Crippen LogP contribution is 2.21. The molecule has 0 radical (unpaired) electrons. The minimum absolute atomic E-state index is 0.0517. The molecule has 0 spiro atoms. The predicted molar refractivity (Wildman–Crippen MR) is 100 cm³/mol. The van der Waals surface area contributed by atoms with E-state index in [1.54, 1.807) is 14.0 Å². The summed E-state index contributed by atoms with van der Waals surface area (Å²) in [5, 5.41) is 3.06. The number of rotatable bonds is 7. The van der Waals surface area contributed by atoms with Crippen LogP contribution < -0.4 is 14.8 Å². The molecule has 4 heteroatoms. The fraction of sp³-hybridized carbons (Fsp3) is 0.381. The van der Waals surface area contributed by atoms with Crippen molar-refractivity contribution in [1.82, 2.24) is 5.32 Å². The number of carbonyl (C=O) groups is 1. The highest BCUT2D eigenvalue weighted by Gasteiger charge is 2.19. The van der Waals surface area contributed by atoms with Gasteiger partial charge in [0.2, 0.25) is 0 Å². The second-order valence-electron chi connectivity index (χ2n) is 6.25. The lowest BCUT2D eigenvalue weighted by atomic mass is 10.0. The minimum Gasteiger partial charge on any atom is -0.497 e. The van der Waals surface area contributed by atoms with E-state index in [1.165, 1.54) is 5.56 Å². The van der Waals surface area contributed by atoms with E-state index in [9.17, 15) is 4.79 Å². The van der Waals surface area contributed by atoms with Crippen molar-refractivity contribution in [3.8, 4) is 11.5 Å². The molecule has 0 saturated heterocycles. The molecular formula is C21H27NO3. The number of hydrogen-bond donors (Lipinski definition) is 1. The predicted octanol–water partition coefficient (Wildman–Crippen LogP) is 4.35. The van der Waals surface area contributed by atoms with Crippen molar-refractivity contribution in [2.75, 3.05) is 7.11 Å². The Kier molecular flexibility index (Phi) is 6.45. The molecule has 0 aliphatic heterocycles. The molecule has 134 valence electrons. The molecule has 0 unspecified atom stereocenters. The zero-order valence-corrected chi connectivity index (χ0v) is 15.6. The molecule has 0 aromatic heterocycles. The summed E-state index contributed by atoms with van der Waals surface area (Å²) in [5.41, 5.74) is 3.40. The molecule has 2 aromatic carbocycles. The quantitative estimate of drug-likeness (QED) is 0.814. The van der Waals surface area contributed by atoms with Gasteiger partial charge in [-0.2, -0.15) is 0 Å². The number of aryl methyl sites for hydroxylation is 2. The van der Waals surface area contributed by atoms with Crippen molar-refractivity contribution < 1.29 is 14.3 Å². The van der Waals surface area contributed by atoms with Crippen LogP contribution in [0.15, 0.2) is 42.5 Å². The average Bonchev–Trinajstić information content (AvgIpc) is 2.62. The zero-order chi connectivity index (χ0) is 18.4. The molecule has 1 N–H and O–H groups in total. The molecule has 0 heterocycles. The minimum atomic E-state index is -0.561. The molecular weight excluding hydrogens is 314 g/mol. The number of nitrogens with one attached hydrogen (secondary N) is 1. The Labute approximate surface area is 150 Å². The van der Waals surface area contributed by atoms with Gasteiger partial charge in [0.05, 0.1) is 13.2 Å². The van der Waals surface area contributed by atoms with E-state index in [2.05, 4.69) is 12.2 Å². The van der Waals surface area contributed by atoms with Crippen LogP contribution in [-0.2, 0) is 4.79 Å². The first-order chi connectivity index (χ1) is 11.9.